The molecule has 0 aromatic heterocycles. The van der Waals surface area contributed by atoms with E-state index in [4.69, 9.17) is 5.73 Å². The number of carbonyl (C=O) groups is 2. The van der Waals surface area contributed by atoms with Crippen LogP contribution in [-0.2, 0) is 9.59 Å². The molecule has 2 amide bonds. The number of hydrogen-bond donors (Lipinski definition) is 3. The largest absolute Gasteiger partial charge is 0.369 e. The lowest BCUT2D eigenvalue weighted by molar-refractivity contribution is -0.897. The van der Waals surface area contributed by atoms with Crippen molar-refractivity contribution in [1.82, 2.24) is 5.32 Å². The topological polar surface area (TPSA) is 76.6 Å². The lowest BCUT2D eigenvalue weighted by atomic mass is 9.96. The van der Waals surface area contributed by atoms with Gasteiger partial charge in [0, 0.05) is 18.8 Å². The van der Waals surface area contributed by atoms with Crippen molar-refractivity contribution in [2.24, 2.45) is 11.7 Å². The number of nitrogens with one attached hydrogen (secondary N) is 2. The first-order valence-electron chi connectivity index (χ1n) is 8.57. The molecular weight excluding hydrogens is 290 g/mol. The van der Waals surface area contributed by atoms with Crippen LogP contribution in [-0.4, -0.2) is 31.4 Å². The first-order valence-corrected chi connectivity index (χ1v) is 8.57. The van der Waals surface area contributed by atoms with E-state index in [2.05, 4.69) is 24.4 Å². The first kappa shape index (κ1) is 17.5. The van der Waals surface area contributed by atoms with Crippen LogP contribution in [0.4, 0.5) is 0 Å². The van der Waals surface area contributed by atoms with Crippen LogP contribution in [0, 0.1) is 5.92 Å². The van der Waals surface area contributed by atoms with E-state index in [0.717, 1.165) is 44.3 Å². The Morgan fingerprint density at radius 1 is 1.26 bits per heavy atom. The maximum atomic E-state index is 12.4. The predicted octanol–water partition coefficient (Wildman–Crippen LogP) is 0.424. The zero-order valence-corrected chi connectivity index (χ0v) is 13.9. The maximum absolute atomic E-state index is 12.4. The summed E-state index contributed by atoms with van der Waals surface area (Å²) in [6.45, 7) is 4.27. The van der Waals surface area contributed by atoms with Crippen molar-refractivity contribution in [3.63, 3.8) is 0 Å². The number of likely N-dealkylation sites (tertiary alicyclic amines) is 1. The van der Waals surface area contributed by atoms with Crippen LogP contribution in [0.5, 0.6) is 0 Å². The van der Waals surface area contributed by atoms with Gasteiger partial charge >= 0.3 is 0 Å². The fourth-order valence-electron chi connectivity index (χ4n) is 3.26. The monoisotopic (exact) mass is 318 g/mol. The minimum Gasteiger partial charge on any atom is -0.369 e. The quantitative estimate of drug-likeness (QED) is 0.682. The molecule has 1 aliphatic heterocycles. The number of rotatable bonds is 7. The smallest absolute Gasteiger partial charge is 0.275 e. The molecule has 0 radical (unpaired) electrons. The Labute approximate surface area is 138 Å². The lowest BCUT2D eigenvalue weighted by Gasteiger charge is -2.28. The minimum absolute atomic E-state index is 0.0148. The summed E-state index contributed by atoms with van der Waals surface area (Å²) < 4.78 is 0. The Balaban J connectivity index is 1.84. The normalized spacial score (nSPS) is 22.3. The third-order valence-electron chi connectivity index (χ3n) is 4.62. The van der Waals surface area contributed by atoms with E-state index < -0.39 is 0 Å². The van der Waals surface area contributed by atoms with Crippen LogP contribution in [0.3, 0.4) is 0 Å². The van der Waals surface area contributed by atoms with Crippen LogP contribution in [0.2, 0.25) is 0 Å². The van der Waals surface area contributed by atoms with Gasteiger partial charge in [-0.2, -0.15) is 0 Å². The molecule has 1 saturated heterocycles. The van der Waals surface area contributed by atoms with Crippen molar-refractivity contribution in [1.29, 1.82) is 0 Å². The summed E-state index contributed by atoms with van der Waals surface area (Å²) in [5, 5.41) is 3.16. The van der Waals surface area contributed by atoms with Crippen LogP contribution >= 0.6 is 0 Å². The third-order valence-corrected chi connectivity index (χ3v) is 4.62. The summed E-state index contributed by atoms with van der Waals surface area (Å²) in [5.74, 6) is -0.139. The molecule has 5 nitrogen and oxygen atoms in total. The van der Waals surface area contributed by atoms with Gasteiger partial charge in [0.15, 0.2) is 6.54 Å². The number of nitrogens with two attached hydrogens (primary N) is 1. The maximum Gasteiger partial charge on any atom is 0.275 e. The van der Waals surface area contributed by atoms with E-state index in [1.807, 2.05) is 18.2 Å². The molecule has 1 aromatic carbocycles. The molecule has 0 aliphatic carbocycles. The summed E-state index contributed by atoms with van der Waals surface area (Å²) in [7, 11) is 0. The number of piperidine rings is 1. The van der Waals surface area contributed by atoms with Crippen molar-refractivity contribution in [2.45, 2.75) is 38.6 Å². The van der Waals surface area contributed by atoms with Crippen molar-refractivity contribution in [2.75, 3.05) is 19.6 Å². The van der Waals surface area contributed by atoms with Crippen LogP contribution in [0.25, 0.3) is 0 Å². The van der Waals surface area contributed by atoms with Crippen LogP contribution in [0.1, 0.15) is 44.2 Å². The summed E-state index contributed by atoms with van der Waals surface area (Å²) in [4.78, 5) is 24.8. The summed E-state index contributed by atoms with van der Waals surface area (Å²) >= 11 is 0. The molecule has 1 atom stereocenters. The zero-order chi connectivity index (χ0) is 16.7. The highest BCUT2D eigenvalue weighted by atomic mass is 16.2. The number of amides is 2. The summed E-state index contributed by atoms with van der Waals surface area (Å²) in [5.41, 5.74) is 6.51. The number of primary amides is 1. The van der Waals surface area contributed by atoms with Crippen LogP contribution < -0.4 is 16.0 Å². The molecular formula is C18H28N3O2+. The van der Waals surface area contributed by atoms with Gasteiger partial charge < -0.3 is 16.0 Å². The molecule has 1 fully saturated rings. The van der Waals surface area contributed by atoms with E-state index in [9.17, 15) is 9.59 Å². The highest BCUT2D eigenvalue weighted by Crippen LogP contribution is 2.17. The Bertz CT molecular complexity index is 510. The molecule has 0 spiro atoms. The zero-order valence-electron chi connectivity index (χ0n) is 13.9. The van der Waals surface area contributed by atoms with E-state index >= 15 is 0 Å². The second-order valence-corrected chi connectivity index (χ2v) is 6.42. The Morgan fingerprint density at radius 2 is 1.91 bits per heavy atom. The molecule has 23 heavy (non-hydrogen) atoms. The molecule has 5 heteroatoms. The Kier molecular flexibility index (Phi) is 6.59. The molecule has 126 valence electrons. The average molecular weight is 318 g/mol. The van der Waals surface area contributed by atoms with Gasteiger partial charge in [-0.05, 0) is 12.0 Å². The second kappa shape index (κ2) is 8.67. The van der Waals surface area contributed by atoms with Gasteiger partial charge in [0.05, 0.1) is 19.1 Å². The molecule has 1 aliphatic rings. The Hall–Kier alpha value is -1.88. The van der Waals surface area contributed by atoms with Crippen molar-refractivity contribution in [3.8, 4) is 0 Å². The highest BCUT2D eigenvalue weighted by molar-refractivity contribution is 5.77. The predicted molar refractivity (Wildman–Crippen MR) is 89.7 cm³/mol. The fourth-order valence-corrected chi connectivity index (χ4v) is 3.26. The molecule has 0 saturated carbocycles. The molecule has 2 rings (SSSR count). The number of quaternary nitrogens is 1. The van der Waals surface area contributed by atoms with Gasteiger partial charge in [0.2, 0.25) is 5.91 Å². The number of carbonyl (C=O) groups excluding carboxylic acids is 2. The summed E-state index contributed by atoms with van der Waals surface area (Å²) in [6, 6.07) is 10.2. The molecule has 4 N–H and O–H groups in total. The number of hydrogen-bond acceptors (Lipinski definition) is 2. The van der Waals surface area contributed by atoms with Gasteiger partial charge in [0.25, 0.3) is 5.91 Å². The fraction of sp³-hybridized carbons (Fsp3) is 0.556. The van der Waals surface area contributed by atoms with Gasteiger partial charge in [0.1, 0.15) is 0 Å². The van der Waals surface area contributed by atoms with Gasteiger partial charge in [-0.15, -0.1) is 0 Å². The SMILES string of the molecule is CCC[C@H](NC(=O)C[NH+]1CCC(C(N)=O)CC1)c1ccccc1. The third kappa shape index (κ3) is 5.36. The van der Waals surface area contributed by atoms with E-state index in [1.165, 1.54) is 4.90 Å². The molecule has 1 heterocycles. The molecule has 1 aromatic rings. The number of benzene rings is 1. The standard InChI is InChI=1S/C18H27N3O2/c1-2-6-16(14-7-4-3-5-8-14)20-17(22)13-21-11-9-15(10-12-21)18(19)23/h3-5,7-8,15-16H,2,6,9-13H2,1H3,(H2,19,23)(H,20,22)/p+1/t16-/m0/s1. The Morgan fingerprint density at radius 3 is 2.48 bits per heavy atom. The second-order valence-electron chi connectivity index (χ2n) is 6.42. The van der Waals surface area contributed by atoms with Crippen molar-refractivity contribution >= 4 is 11.8 Å². The minimum atomic E-state index is -0.208. The average Bonchev–Trinajstić information content (AvgIpc) is 2.55. The van der Waals surface area contributed by atoms with Gasteiger partial charge in [-0.25, -0.2) is 0 Å². The van der Waals surface area contributed by atoms with Crippen molar-refractivity contribution in [3.05, 3.63) is 35.9 Å². The van der Waals surface area contributed by atoms with Gasteiger partial charge in [-0.1, -0.05) is 43.7 Å². The van der Waals surface area contributed by atoms with Crippen LogP contribution in [0.15, 0.2) is 30.3 Å². The lowest BCUT2D eigenvalue weighted by Crippen LogP contribution is -3.14. The van der Waals surface area contributed by atoms with Crippen molar-refractivity contribution < 1.29 is 14.5 Å². The van der Waals surface area contributed by atoms with E-state index in [-0.39, 0.29) is 23.8 Å². The molecule has 0 bridgehead atoms. The van der Waals surface area contributed by atoms with E-state index in [1.54, 1.807) is 0 Å². The first-order chi connectivity index (χ1) is 11.1. The van der Waals surface area contributed by atoms with E-state index in [0.29, 0.717) is 6.54 Å². The highest BCUT2D eigenvalue weighted by Gasteiger charge is 2.27. The molecule has 0 unspecified atom stereocenters. The van der Waals surface area contributed by atoms with Gasteiger partial charge in [-0.3, -0.25) is 9.59 Å². The summed E-state index contributed by atoms with van der Waals surface area (Å²) in [6.07, 6.45) is 3.54.